The summed E-state index contributed by atoms with van der Waals surface area (Å²) in [6.45, 7) is 0. The molecule has 66 valence electrons. The van der Waals surface area contributed by atoms with E-state index < -0.39 is 0 Å². The summed E-state index contributed by atoms with van der Waals surface area (Å²) in [7, 11) is 0. The minimum atomic E-state index is -0.264. The van der Waals surface area contributed by atoms with Crippen LogP contribution in [0.25, 0.3) is 6.08 Å². The molecule has 1 aliphatic heterocycles. The van der Waals surface area contributed by atoms with Crippen molar-refractivity contribution in [2.75, 3.05) is 0 Å². The Morgan fingerprint density at radius 3 is 2.38 bits per heavy atom. The molecule has 0 saturated heterocycles. The molecule has 0 fully saturated rings. The molecular formula is C11H10O2. The fourth-order valence-corrected chi connectivity index (χ4v) is 1.10. The molecule has 1 aromatic carbocycles. The van der Waals surface area contributed by atoms with Crippen LogP contribution in [-0.2, 0) is 9.47 Å². The van der Waals surface area contributed by atoms with E-state index >= 15 is 0 Å². The number of hydrogen-bond donors (Lipinski definition) is 0. The Balaban J connectivity index is 1.97. The van der Waals surface area contributed by atoms with Gasteiger partial charge in [0.2, 0.25) is 0 Å². The van der Waals surface area contributed by atoms with Gasteiger partial charge in [-0.15, -0.1) is 0 Å². The first-order valence-electron chi connectivity index (χ1n) is 4.14. The summed E-state index contributed by atoms with van der Waals surface area (Å²) >= 11 is 0. The largest absolute Gasteiger partial charge is 0.456 e. The van der Waals surface area contributed by atoms with Crippen molar-refractivity contribution in [3.63, 3.8) is 0 Å². The van der Waals surface area contributed by atoms with Gasteiger partial charge < -0.3 is 9.47 Å². The van der Waals surface area contributed by atoms with E-state index in [9.17, 15) is 0 Å². The van der Waals surface area contributed by atoms with Gasteiger partial charge in [0.25, 0.3) is 6.29 Å². The van der Waals surface area contributed by atoms with Crippen molar-refractivity contribution in [3.05, 3.63) is 54.5 Å². The Bertz CT molecular complexity index is 306. The summed E-state index contributed by atoms with van der Waals surface area (Å²) in [4.78, 5) is 0. The topological polar surface area (TPSA) is 18.5 Å². The predicted octanol–water partition coefficient (Wildman–Crippen LogP) is 2.54. The van der Waals surface area contributed by atoms with Crippen LogP contribution in [-0.4, -0.2) is 6.29 Å². The zero-order chi connectivity index (χ0) is 8.93. The molecule has 0 atom stereocenters. The third-order valence-corrected chi connectivity index (χ3v) is 1.73. The van der Waals surface area contributed by atoms with Crippen molar-refractivity contribution in [1.29, 1.82) is 0 Å². The lowest BCUT2D eigenvalue weighted by Crippen LogP contribution is -2.01. The van der Waals surface area contributed by atoms with E-state index in [1.165, 1.54) is 0 Å². The van der Waals surface area contributed by atoms with Crippen molar-refractivity contribution in [3.8, 4) is 0 Å². The van der Waals surface area contributed by atoms with Gasteiger partial charge in [-0.3, -0.25) is 0 Å². The van der Waals surface area contributed by atoms with Crippen molar-refractivity contribution in [1.82, 2.24) is 0 Å². The van der Waals surface area contributed by atoms with Crippen molar-refractivity contribution < 1.29 is 9.47 Å². The maximum absolute atomic E-state index is 5.09. The molecule has 1 aliphatic rings. The fraction of sp³-hybridized carbons (Fsp3) is 0.0909. The van der Waals surface area contributed by atoms with E-state index in [1.807, 2.05) is 42.5 Å². The summed E-state index contributed by atoms with van der Waals surface area (Å²) in [5.41, 5.74) is 1.14. The maximum Gasteiger partial charge on any atom is 0.259 e. The monoisotopic (exact) mass is 174 g/mol. The number of rotatable bonds is 2. The highest BCUT2D eigenvalue weighted by Crippen LogP contribution is 2.09. The van der Waals surface area contributed by atoms with Crippen molar-refractivity contribution in [2.24, 2.45) is 0 Å². The normalized spacial score (nSPS) is 16.0. The van der Waals surface area contributed by atoms with Gasteiger partial charge in [-0.1, -0.05) is 36.4 Å². The van der Waals surface area contributed by atoms with Gasteiger partial charge in [0.15, 0.2) is 0 Å². The second kappa shape index (κ2) is 3.81. The summed E-state index contributed by atoms with van der Waals surface area (Å²) in [5.74, 6) is 0. The van der Waals surface area contributed by atoms with Crippen LogP contribution in [0.15, 0.2) is 48.9 Å². The van der Waals surface area contributed by atoms with Crippen LogP contribution in [0.1, 0.15) is 5.56 Å². The van der Waals surface area contributed by atoms with E-state index in [0.717, 1.165) is 5.56 Å². The second-order valence-electron chi connectivity index (χ2n) is 2.68. The molecule has 0 radical (unpaired) electrons. The molecule has 2 rings (SSSR count). The minimum Gasteiger partial charge on any atom is -0.456 e. The number of benzene rings is 1. The highest BCUT2D eigenvalue weighted by molar-refractivity contribution is 5.49. The third-order valence-electron chi connectivity index (χ3n) is 1.73. The molecule has 0 aliphatic carbocycles. The molecular weight excluding hydrogens is 164 g/mol. The van der Waals surface area contributed by atoms with Gasteiger partial charge in [0.1, 0.15) is 12.5 Å². The lowest BCUT2D eigenvalue weighted by atomic mass is 10.2. The molecule has 0 saturated carbocycles. The van der Waals surface area contributed by atoms with Crippen molar-refractivity contribution in [2.45, 2.75) is 6.29 Å². The molecule has 13 heavy (non-hydrogen) atoms. The van der Waals surface area contributed by atoms with E-state index in [1.54, 1.807) is 12.5 Å². The Morgan fingerprint density at radius 2 is 1.69 bits per heavy atom. The quantitative estimate of drug-likeness (QED) is 0.686. The van der Waals surface area contributed by atoms with Gasteiger partial charge in [-0.05, 0) is 11.6 Å². The van der Waals surface area contributed by atoms with E-state index in [-0.39, 0.29) is 6.29 Å². The highest BCUT2D eigenvalue weighted by Gasteiger charge is 2.05. The van der Waals surface area contributed by atoms with Crippen LogP contribution in [0.2, 0.25) is 0 Å². The molecule has 2 nitrogen and oxygen atoms in total. The van der Waals surface area contributed by atoms with Crippen LogP contribution in [0.5, 0.6) is 0 Å². The first-order chi connectivity index (χ1) is 6.45. The molecule has 0 bridgehead atoms. The third kappa shape index (κ3) is 2.12. The molecule has 1 heterocycles. The Kier molecular flexibility index (Phi) is 2.32. The Hall–Kier alpha value is -1.70. The average molecular weight is 174 g/mol. The van der Waals surface area contributed by atoms with Crippen LogP contribution >= 0.6 is 0 Å². The summed E-state index contributed by atoms with van der Waals surface area (Å²) in [5, 5.41) is 0. The highest BCUT2D eigenvalue weighted by atomic mass is 16.7. The molecule has 0 unspecified atom stereocenters. The number of ether oxygens (including phenoxy) is 2. The van der Waals surface area contributed by atoms with E-state index in [4.69, 9.17) is 9.47 Å². The predicted molar refractivity (Wildman–Crippen MR) is 50.6 cm³/mol. The fourth-order valence-electron chi connectivity index (χ4n) is 1.10. The van der Waals surface area contributed by atoms with Crippen LogP contribution in [0.3, 0.4) is 0 Å². The van der Waals surface area contributed by atoms with E-state index in [2.05, 4.69) is 0 Å². The summed E-state index contributed by atoms with van der Waals surface area (Å²) < 4.78 is 10.2. The molecule has 0 spiro atoms. The minimum absolute atomic E-state index is 0.264. The van der Waals surface area contributed by atoms with Gasteiger partial charge >= 0.3 is 0 Å². The van der Waals surface area contributed by atoms with Crippen LogP contribution < -0.4 is 0 Å². The van der Waals surface area contributed by atoms with Gasteiger partial charge in [-0.2, -0.15) is 0 Å². The SMILES string of the molecule is C1=COC(C=Cc2ccccc2)O1. The number of hydrogen-bond acceptors (Lipinski definition) is 2. The smallest absolute Gasteiger partial charge is 0.259 e. The molecule has 0 N–H and O–H groups in total. The first-order valence-corrected chi connectivity index (χ1v) is 4.14. The van der Waals surface area contributed by atoms with Gasteiger partial charge in [-0.25, -0.2) is 0 Å². The van der Waals surface area contributed by atoms with Crippen molar-refractivity contribution >= 4 is 6.08 Å². The Morgan fingerprint density at radius 1 is 1.00 bits per heavy atom. The summed E-state index contributed by atoms with van der Waals surface area (Å²) in [6, 6.07) is 10.0. The molecule has 0 aromatic heterocycles. The van der Waals surface area contributed by atoms with Crippen LogP contribution in [0.4, 0.5) is 0 Å². The zero-order valence-electron chi connectivity index (χ0n) is 7.09. The lowest BCUT2D eigenvalue weighted by Gasteiger charge is -2.03. The molecule has 0 amide bonds. The average Bonchev–Trinajstić information content (AvgIpc) is 2.69. The molecule has 2 heteroatoms. The standard InChI is InChI=1S/C11H10O2/c1-2-4-10(5-3-1)6-7-11-12-8-9-13-11/h1-9,11H. The molecule has 1 aromatic rings. The zero-order valence-corrected chi connectivity index (χ0v) is 7.09. The van der Waals surface area contributed by atoms with E-state index in [0.29, 0.717) is 0 Å². The van der Waals surface area contributed by atoms with Gasteiger partial charge in [0, 0.05) is 0 Å². The Labute approximate surface area is 77.1 Å². The van der Waals surface area contributed by atoms with Gasteiger partial charge in [0.05, 0.1) is 0 Å². The maximum atomic E-state index is 5.09. The summed E-state index contributed by atoms with van der Waals surface area (Å²) in [6.07, 6.45) is 6.66. The second-order valence-corrected chi connectivity index (χ2v) is 2.68. The first kappa shape index (κ1) is 7.92. The van der Waals surface area contributed by atoms with Crippen LogP contribution in [0, 0.1) is 0 Å². The lowest BCUT2D eigenvalue weighted by molar-refractivity contribution is 0.0198.